The van der Waals surface area contributed by atoms with Gasteiger partial charge in [0.1, 0.15) is 11.3 Å². The van der Waals surface area contributed by atoms with Crippen LogP contribution in [0.3, 0.4) is 0 Å². The van der Waals surface area contributed by atoms with Gasteiger partial charge in [0.2, 0.25) is 0 Å². The Hall–Kier alpha value is -4.00. The van der Waals surface area contributed by atoms with Gasteiger partial charge in [-0.05, 0) is 36.4 Å². The number of fused-ring (bicyclic) bond motifs is 1. The van der Waals surface area contributed by atoms with E-state index in [2.05, 4.69) is 5.10 Å². The summed E-state index contributed by atoms with van der Waals surface area (Å²) < 4.78 is 6.73. The number of aldehydes is 1. The molecule has 2 aromatic carbocycles. The van der Waals surface area contributed by atoms with Crippen LogP contribution < -0.4 is 5.63 Å². The van der Waals surface area contributed by atoms with Crippen molar-refractivity contribution in [3.8, 4) is 16.9 Å². The molecule has 2 heterocycles. The molecule has 0 atom stereocenters. The van der Waals surface area contributed by atoms with Gasteiger partial charge in [-0.15, -0.1) is 0 Å². The zero-order valence-corrected chi connectivity index (χ0v) is 13.8. The van der Waals surface area contributed by atoms with E-state index in [0.29, 0.717) is 22.9 Å². The summed E-state index contributed by atoms with van der Waals surface area (Å²) in [7, 11) is 0. The van der Waals surface area contributed by atoms with Gasteiger partial charge in [-0.2, -0.15) is 5.10 Å². The lowest BCUT2D eigenvalue weighted by molar-refractivity contribution is 0.0696. The minimum atomic E-state index is -1.04. The molecule has 7 heteroatoms. The Labute approximate surface area is 152 Å². The van der Waals surface area contributed by atoms with Crippen molar-refractivity contribution in [2.75, 3.05) is 0 Å². The van der Waals surface area contributed by atoms with Gasteiger partial charge < -0.3 is 9.52 Å². The maximum Gasteiger partial charge on any atom is 0.345 e. The Morgan fingerprint density at radius 3 is 2.56 bits per heavy atom. The molecular weight excluding hydrogens is 348 g/mol. The van der Waals surface area contributed by atoms with Crippen molar-refractivity contribution in [1.29, 1.82) is 0 Å². The molecule has 0 saturated heterocycles. The van der Waals surface area contributed by atoms with Crippen molar-refractivity contribution < 1.29 is 19.1 Å². The molecule has 132 valence electrons. The highest BCUT2D eigenvalue weighted by molar-refractivity contribution is 5.89. The summed E-state index contributed by atoms with van der Waals surface area (Å²) in [6.45, 7) is 0. The van der Waals surface area contributed by atoms with E-state index in [9.17, 15) is 14.4 Å². The van der Waals surface area contributed by atoms with E-state index in [1.54, 1.807) is 36.4 Å². The van der Waals surface area contributed by atoms with Gasteiger partial charge in [0.05, 0.1) is 22.4 Å². The van der Waals surface area contributed by atoms with Crippen molar-refractivity contribution >= 4 is 23.2 Å². The fraction of sp³-hybridized carbons (Fsp3) is 0. The molecule has 0 saturated carbocycles. The zero-order chi connectivity index (χ0) is 19.0. The molecule has 0 aliphatic rings. The molecular formula is C20H12N2O5. The number of carbonyl (C=O) groups is 2. The second-order valence-corrected chi connectivity index (χ2v) is 5.83. The SMILES string of the molecule is O=Cc1cn(-c2ccc(C(=O)O)cc2)nc1-c1cc2ccccc2oc1=O. The van der Waals surface area contributed by atoms with Crippen LogP contribution in [0.15, 0.2) is 70.0 Å². The standard InChI is InChI=1S/C20H12N2O5/c23-11-14-10-22(15-7-5-12(6-8-15)19(24)25)21-18(14)16-9-13-3-1-2-4-17(13)27-20(16)26/h1-11H,(H,24,25). The van der Waals surface area contributed by atoms with Crippen molar-refractivity contribution in [2.45, 2.75) is 0 Å². The normalized spacial score (nSPS) is 10.8. The van der Waals surface area contributed by atoms with Gasteiger partial charge in [-0.25, -0.2) is 14.3 Å². The second-order valence-electron chi connectivity index (χ2n) is 5.83. The number of rotatable bonds is 4. The Bertz CT molecular complexity index is 1240. The Balaban J connectivity index is 1.85. The fourth-order valence-electron chi connectivity index (χ4n) is 2.80. The lowest BCUT2D eigenvalue weighted by Gasteiger charge is -2.02. The third kappa shape index (κ3) is 2.91. The highest BCUT2D eigenvalue weighted by Crippen LogP contribution is 2.23. The molecule has 0 unspecified atom stereocenters. The second kappa shape index (κ2) is 6.38. The van der Waals surface area contributed by atoms with E-state index < -0.39 is 11.6 Å². The molecule has 0 aliphatic carbocycles. The van der Waals surface area contributed by atoms with Gasteiger partial charge in [0.25, 0.3) is 0 Å². The van der Waals surface area contributed by atoms with Crippen LogP contribution in [0.1, 0.15) is 20.7 Å². The highest BCUT2D eigenvalue weighted by atomic mass is 16.4. The Morgan fingerprint density at radius 1 is 1.11 bits per heavy atom. The van der Waals surface area contributed by atoms with Gasteiger partial charge in [0.15, 0.2) is 6.29 Å². The van der Waals surface area contributed by atoms with E-state index >= 15 is 0 Å². The van der Waals surface area contributed by atoms with Crippen LogP contribution in [0.5, 0.6) is 0 Å². The van der Waals surface area contributed by atoms with E-state index in [1.807, 2.05) is 6.07 Å². The van der Waals surface area contributed by atoms with E-state index in [4.69, 9.17) is 9.52 Å². The average Bonchev–Trinajstić information content (AvgIpc) is 3.11. The van der Waals surface area contributed by atoms with Crippen LogP contribution in [-0.2, 0) is 0 Å². The monoisotopic (exact) mass is 360 g/mol. The van der Waals surface area contributed by atoms with Crippen LogP contribution in [0.4, 0.5) is 0 Å². The molecule has 0 fully saturated rings. The van der Waals surface area contributed by atoms with Crippen LogP contribution in [-0.4, -0.2) is 27.1 Å². The number of hydrogen-bond donors (Lipinski definition) is 1. The first kappa shape index (κ1) is 16.5. The van der Waals surface area contributed by atoms with Crippen LogP contribution in [0.2, 0.25) is 0 Å². The molecule has 4 rings (SSSR count). The molecule has 2 aromatic heterocycles. The van der Waals surface area contributed by atoms with Crippen molar-refractivity contribution in [1.82, 2.24) is 9.78 Å². The average molecular weight is 360 g/mol. The van der Waals surface area contributed by atoms with Crippen LogP contribution >= 0.6 is 0 Å². The topological polar surface area (TPSA) is 102 Å². The quantitative estimate of drug-likeness (QED) is 0.443. The molecule has 4 aromatic rings. The van der Waals surface area contributed by atoms with Gasteiger partial charge in [0, 0.05) is 11.6 Å². The minimum Gasteiger partial charge on any atom is -0.478 e. The first-order valence-electron chi connectivity index (χ1n) is 7.98. The van der Waals surface area contributed by atoms with Crippen molar-refractivity contribution in [3.63, 3.8) is 0 Å². The lowest BCUT2D eigenvalue weighted by Crippen LogP contribution is -2.05. The molecule has 0 spiro atoms. The van der Waals surface area contributed by atoms with E-state index in [0.717, 1.165) is 0 Å². The molecule has 7 nitrogen and oxygen atoms in total. The van der Waals surface area contributed by atoms with E-state index in [1.165, 1.54) is 23.0 Å². The van der Waals surface area contributed by atoms with Crippen molar-refractivity contribution in [3.05, 3.63) is 82.3 Å². The van der Waals surface area contributed by atoms with E-state index in [-0.39, 0.29) is 22.4 Å². The zero-order valence-electron chi connectivity index (χ0n) is 13.8. The van der Waals surface area contributed by atoms with Crippen molar-refractivity contribution in [2.24, 2.45) is 0 Å². The molecule has 0 aliphatic heterocycles. The minimum absolute atomic E-state index is 0.136. The van der Waals surface area contributed by atoms with Gasteiger partial charge >= 0.3 is 11.6 Å². The number of aromatic nitrogens is 2. The van der Waals surface area contributed by atoms with Gasteiger partial charge in [-0.1, -0.05) is 18.2 Å². The Morgan fingerprint density at radius 2 is 1.85 bits per heavy atom. The van der Waals surface area contributed by atoms with Gasteiger partial charge in [-0.3, -0.25) is 4.79 Å². The summed E-state index contributed by atoms with van der Waals surface area (Å²) in [6.07, 6.45) is 2.09. The molecule has 27 heavy (non-hydrogen) atoms. The number of carboxylic acid groups (broad SMARTS) is 1. The fourth-order valence-corrected chi connectivity index (χ4v) is 2.80. The lowest BCUT2D eigenvalue weighted by atomic mass is 10.1. The number of para-hydroxylation sites is 1. The summed E-state index contributed by atoms with van der Waals surface area (Å²) in [4.78, 5) is 34.8. The predicted octanol–water partition coefficient (Wildman–Crippen LogP) is 3.16. The van der Waals surface area contributed by atoms with Crippen LogP contribution in [0, 0.1) is 0 Å². The third-order valence-corrected chi connectivity index (χ3v) is 4.14. The number of aromatic carboxylic acids is 1. The summed E-state index contributed by atoms with van der Waals surface area (Å²) in [5.41, 5.74) is 1.14. The number of benzene rings is 2. The third-order valence-electron chi connectivity index (χ3n) is 4.14. The highest BCUT2D eigenvalue weighted by Gasteiger charge is 2.17. The first-order valence-corrected chi connectivity index (χ1v) is 7.98. The number of carbonyl (C=O) groups excluding carboxylic acids is 1. The largest absolute Gasteiger partial charge is 0.478 e. The molecule has 0 radical (unpaired) electrons. The maximum absolute atomic E-state index is 12.4. The summed E-state index contributed by atoms with van der Waals surface area (Å²) in [5.74, 6) is -1.04. The maximum atomic E-state index is 12.4. The number of hydrogen-bond acceptors (Lipinski definition) is 5. The Kier molecular flexibility index (Phi) is 3.89. The van der Waals surface area contributed by atoms with Crippen LogP contribution in [0.25, 0.3) is 27.9 Å². The summed E-state index contributed by atoms with van der Waals surface area (Å²) in [6, 6.07) is 14.7. The summed E-state index contributed by atoms with van der Waals surface area (Å²) in [5, 5.41) is 14.0. The first-order chi connectivity index (χ1) is 13.1. The molecule has 0 amide bonds. The summed E-state index contributed by atoms with van der Waals surface area (Å²) >= 11 is 0. The predicted molar refractivity (Wildman–Crippen MR) is 97.4 cm³/mol. The molecule has 0 bridgehead atoms. The number of nitrogens with zero attached hydrogens (tertiary/aromatic N) is 2. The smallest absolute Gasteiger partial charge is 0.345 e. The molecule has 1 N–H and O–H groups in total. The number of carboxylic acids is 1.